The Morgan fingerprint density at radius 1 is 1.00 bits per heavy atom. The van der Waals surface area contributed by atoms with Crippen LogP contribution in [0.5, 0.6) is 0 Å². The van der Waals surface area contributed by atoms with Gasteiger partial charge >= 0.3 is 0 Å². The topological polar surface area (TPSA) is 142 Å². The van der Waals surface area contributed by atoms with Gasteiger partial charge in [0.25, 0.3) is 5.91 Å². The van der Waals surface area contributed by atoms with Gasteiger partial charge < -0.3 is 15.6 Å². The molecule has 4 heterocycles. The molecule has 7 aromatic rings. The molecule has 0 aliphatic heterocycles. The van der Waals surface area contributed by atoms with E-state index in [9.17, 15) is 4.79 Å². The Labute approximate surface area is 256 Å². The fraction of sp³-hybridized carbons (Fsp3) is 0.0938. The Morgan fingerprint density at radius 2 is 1.84 bits per heavy atom. The normalized spacial score (nSPS) is 11.3. The Hall–Kier alpha value is -5.68. The van der Waals surface area contributed by atoms with Gasteiger partial charge in [0.15, 0.2) is 11.5 Å². The maximum absolute atomic E-state index is 13.6. The van der Waals surface area contributed by atoms with Crippen molar-refractivity contribution >= 4 is 45.4 Å². The van der Waals surface area contributed by atoms with E-state index >= 15 is 0 Å². The largest absolute Gasteiger partial charge is 0.382 e. The van der Waals surface area contributed by atoms with E-state index in [0.29, 0.717) is 40.7 Å². The third-order valence-corrected chi connectivity index (χ3v) is 7.65. The summed E-state index contributed by atoms with van der Waals surface area (Å²) in [5.41, 5.74) is 13.3. The van der Waals surface area contributed by atoms with Crippen LogP contribution in [0.1, 0.15) is 27.2 Å². The summed E-state index contributed by atoms with van der Waals surface area (Å²) < 4.78 is 3.54. The number of carbonyl (C=O) groups is 1. The monoisotopic (exact) mass is 600 g/mol. The standard InChI is InChI=1S/C32H25ClN10O/c1-19-27(25-7-2-3-8-26(25)39-28(19)21-5-4-6-22(33)13-21)32(44)35-14-20-9-11-24(12-10-20)43-16-23(40-41-43)15-42-18-38-29-30(34)36-17-37-31(29)42/h2-13,16-18H,14-15H2,1H3,(H,35,44)(H2,34,36,37). The first-order valence-corrected chi connectivity index (χ1v) is 14.2. The number of para-hydroxylation sites is 1. The Bertz CT molecular complexity index is 2170. The van der Waals surface area contributed by atoms with E-state index in [0.717, 1.165) is 44.7 Å². The van der Waals surface area contributed by atoms with E-state index < -0.39 is 0 Å². The van der Waals surface area contributed by atoms with Crippen molar-refractivity contribution in [2.45, 2.75) is 20.0 Å². The molecular weight excluding hydrogens is 576 g/mol. The first-order chi connectivity index (χ1) is 21.4. The second-order valence-electron chi connectivity index (χ2n) is 10.3. The number of nitrogen functional groups attached to an aromatic ring is 1. The Morgan fingerprint density at radius 3 is 2.68 bits per heavy atom. The molecule has 12 heteroatoms. The maximum atomic E-state index is 13.6. The maximum Gasteiger partial charge on any atom is 0.252 e. The van der Waals surface area contributed by atoms with Gasteiger partial charge in [-0.2, -0.15) is 0 Å². The highest BCUT2D eigenvalue weighted by Crippen LogP contribution is 2.31. The fourth-order valence-electron chi connectivity index (χ4n) is 5.24. The molecule has 1 amide bonds. The molecule has 216 valence electrons. The summed E-state index contributed by atoms with van der Waals surface area (Å²) >= 11 is 6.26. The van der Waals surface area contributed by atoms with Crippen molar-refractivity contribution in [3.05, 3.63) is 119 Å². The number of fused-ring (bicyclic) bond motifs is 2. The van der Waals surface area contributed by atoms with E-state index in [2.05, 4.69) is 30.6 Å². The lowest BCUT2D eigenvalue weighted by atomic mass is 9.97. The second-order valence-corrected chi connectivity index (χ2v) is 10.7. The molecule has 0 spiro atoms. The quantitative estimate of drug-likeness (QED) is 0.256. The summed E-state index contributed by atoms with van der Waals surface area (Å²) in [6, 6.07) is 22.9. The molecule has 4 aromatic heterocycles. The number of nitrogens with one attached hydrogen (secondary N) is 1. The van der Waals surface area contributed by atoms with Crippen LogP contribution in [0.2, 0.25) is 5.02 Å². The lowest BCUT2D eigenvalue weighted by molar-refractivity contribution is 0.0952. The zero-order chi connectivity index (χ0) is 30.2. The van der Waals surface area contributed by atoms with Crippen molar-refractivity contribution < 1.29 is 4.79 Å². The number of hydrogen-bond donors (Lipinski definition) is 2. The Balaban J connectivity index is 1.08. The summed E-state index contributed by atoms with van der Waals surface area (Å²) in [5.74, 6) is 0.161. The van der Waals surface area contributed by atoms with Crippen LogP contribution >= 0.6 is 11.6 Å². The number of rotatable bonds is 7. The number of nitrogens with zero attached hydrogens (tertiary/aromatic N) is 8. The van der Waals surface area contributed by atoms with Gasteiger partial charge in [-0.25, -0.2) is 24.6 Å². The van der Waals surface area contributed by atoms with Crippen molar-refractivity contribution in [2.24, 2.45) is 0 Å². The molecule has 0 saturated heterocycles. The first kappa shape index (κ1) is 27.2. The predicted octanol–water partition coefficient (Wildman–Crippen LogP) is 5.14. The highest BCUT2D eigenvalue weighted by atomic mass is 35.5. The van der Waals surface area contributed by atoms with E-state index in [-0.39, 0.29) is 5.91 Å². The molecule has 0 radical (unpaired) electrons. The van der Waals surface area contributed by atoms with E-state index in [1.807, 2.05) is 90.5 Å². The zero-order valence-electron chi connectivity index (χ0n) is 23.5. The number of hydrogen-bond acceptors (Lipinski definition) is 8. The number of anilines is 1. The van der Waals surface area contributed by atoms with Crippen molar-refractivity contribution in [1.82, 2.24) is 44.8 Å². The van der Waals surface area contributed by atoms with Crippen LogP contribution in [0.4, 0.5) is 5.82 Å². The smallest absolute Gasteiger partial charge is 0.252 e. The number of pyridine rings is 1. The highest BCUT2D eigenvalue weighted by molar-refractivity contribution is 6.30. The molecule has 0 unspecified atom stereocenters. The van der Waals surface area contributed by atoms with Gasteiger partial charge in [0.05, 0.1) is 41.5 Å². The van der Waals surface area contributed by atoms with Gasteiger partial charge in [0.1, 0.15) is 17.5 Å². The number of aromatic nitrogens is 8. The van der Waals surface area contributed by atoms with Crippen LogP contribution in [0, 0.1) is 6.92 Å². The molecule has 0 saturated carbocycles. The molecule has 7 rings (SSSR count). The third-order valence-electron chi connectivity index (χ3n) is 7.42. The van der Waals surface area contributed by atoms with Gasteiger partial charge in [-0.15, -0.1) is 5.10 Å². The first-order valence-electron chi connectivity index (χ1n) is 13.8. The molecule has 3 aromatic carbocycles. The van der Waals surface area contributed by atoms with Crippen molar-refractivity contribution in [3.8, 4) is 16.9 Å². The lowest BCUT2D eigenvalue weighted by Crippen LogP contribution is -2.24. The van der Waals surface area contributed by atoms with Gasteiger partial charge in [-0.3, -0.25) is 4.79 Å². The minimum Gasteiger partial charge on any atom is -0.382 e. The molecule has 11 nitrogen and oxygen atoms in total. The van der Waals surface area contributed by atoms with Crippen LogP contribution in [0.15, 0.2) is 91.6 Å². The number of amides is 1. The number of nitrogens with two attached hydrogens (primary N) is 1. The third kappa shape index (κ3) is 5.09. The lowest BCUT2D eigenvalue weighted by Gasteiger charge is -2.15. The molecular formula is C32H25ClN10O. The summed E-state index contributed by atoms with van der Waals surface area (Å²) in [6.07, 6.45) is 4.92. The fourth-order valence-corrected chi connectivity index (χ4v) is 5.43. The van der Waals surface area contributed by atoms with Crippen LogP contribution in [-0.2, 0) is 13.1 Å². The Kier molecular flexibility index (Phi) is 6.91. The van der Waals surface area contributed by atoms with Crippen LogP contribution in [0.25, 0.3) is 39.0 Å². The minimum absolute atomic E-state index is 0.173. The average Bonchev–Trinajstić information content (AvgIpc) is 3.68. The predicted molar refractivity (Wildman–Crippen MR) is 168 cm³/mol. The summed E-state index contributed by atoms with van der Waals surface area (Å²) in [4.78, 5) is 31.0. The average molecular weight is 601 g/mol. The molecule has 0 fully saturated rings. The van der Waals surface area contributed by atoms with Gasteiger partial charge in [-0.05, 0) is 48.4 Å². The number of halogens is 1. The van der Waals surface area contributed by atoms with Gasteiger partial charge in [-0.1, -0.05) is 59.3 Å². The van der Waals surface area contributed by atoms with Crippen molar-refractivity contribution in [2.75, 3.05) is 5.73 Å². The minimum atomic E-state index is -0.173. The summed E-state index contributed by atoms with van der Waals surface area (Å²) in [6.45, 7) is 2.70. The molecule has 0 atom stereocenters. The van der Waals surface area contributed by atoms with Crippen LogP contribution in [-0.4, -0.2) is 45.4 Å². The van der Waals surface area contributed by atoms with Crippen molar-refractivity contribution in [3.63, 3.8) is 0 Å². The van der Waals surface area contributed by atoms with Crippen LogP contribution in [0.3, 0.4) is 0 Å². The second kappa shape index (κ2) is 11.2. The van der Waals surface area contributed by atoms with Gasteiger partial charge in [0, 0.05) is 22.5 Å². The molecule has 3 N–H and O–H groups in total. The van der Waals surface area contributed by atoms with E-state index in [1.54, 1.807) is 11.0 Å². The number of benzene rings is 3. The molecule has 0 bridgehead atoms. The van der Waals surface area contributed by atoms with E-state index in [4.69, 9.17) is 22.3 Å². The SMILES string of the molecule is Cc1c(-c2cccc(Cl)c2)nc2ccccc2c1C(=O)NCc1ccc(-n2cc(Cn3cnc4c(N)ncnc43)nn2)cc1. The summed E-state index contributed by atoms with van der Waals surface area (Å²) in [5, 5.41) is 13.1. The van der Waals surface area contributed by atoms with Gasteiger partial charge in [0.2, 0.25) is 0 Å². The summed E-state index contributed by atoms with van der Waals surface area (Å²) in [7, 11) is 0. The highest BCUT2D eigenvalue weighted by Gasteiger charge is 2.19. The zero-order valence-corrected chi connectivity index (χ0v) is 24.3. The molecule has 0 aliphatic rings. The van der Waals surface area contributed by atoms with Crippen LogP contribution < -0.4 is 11.1 Å². The number of carbonyl (C=O) groups excluding carboxylic acids is 1. The molecule has 0 aliphatic carbocycles. The van der Waals surface area contributed by atoms with Crippen molar-refractivity contribution in [1.29, 1.82) is 0 Å². The molecule has 44 heavy (non-hydrogen) atoms. The number of imidazole rings is 1. The van der Waals surface area contributed by atoms with E-state index in [1.165, 1.54) is 6.33 Å².